The molecule has 142 valence electrons. The summed E-state index contributed by atoms with van der Waals surface area (Å²) in [5, 5.41) is 14.2. The molecule has 1 aromatic carbocycles. The van der Waals surface area contributed by atoms with E-state index in [2.05, 4.69) is 35.8 Å². The van der Waals surface area contributed by atoms with Gasteiger partial charge in [-0.05, 0) is 17.7 Å². The van der Waals surface area contributed by atoms with Gasteiger partial charge in [0.25, 0.3) is 5.91 Å². The topological polar surface area (TPSA) is 124 Å². The van der Waals surface area contributed by atoms with E-state index in [1.54, 1.807) is 16.9 Å². The molecule has 0 saturated carbocycles. The first-order valence-electron chi connectivity index (χ1n) is 9.00. The summed E-state index contributed by atoms with van der Waals surface area (Å²) in [4.78, 5) is 31.4. The predicted molar refractivity (Wildman–Crippen MR) is 99.4 cm³/mol. The highest BCUT2D eigenvalue weighted by Crippen LogP contribution is 2.10. The molecular weight excluding hydrogens is 348 g/mol. The van der Waals surface area contributed by atoms with Crippen molar-refractivity contribution < 1.29 is 4.79 Å². The first-order valence-corrected chi connectivity index (χ1v) is 9.00. The number of hydrogen-bond acceptors (Lipinski definition) is 6. The third-order valence-corrected chi connectivity index (χ3v) is 4.66. The SMILES string of the molecule is O=C(NCc1ccc2[nH]c(=O)[nH]c2c1)c1cn(CCN2CCNCC2)nn1. The fraction of sp³-hybridized carbons (Fsp3) is 0.412. The highest BCUT2D eigenvalue weighted by molar-refractivity contribution is 5.91. The van der Waals surface area contributed by atoms with Gasteiger partial charge in [0.15, 0.2) is 5.69 Å². The molecule has 0 unspecified atom stereocenters. The predicted octanol–water partition coefficient (Wildman–Crippen LogP) is -0.717. The quantitative estimate of drug-likeness (QED) is 0.454. The number of amides is 1. The number of hydrogen-bond donors (Lipinski definition) is 4. The lowest BCUT2D eigenvalue weighted by Gasteiger charge is -2.26. The van der Waals surface area contributed by atoms with Crippen LogP contribution in [0.5, 0.6) is 0 Å². The summed E-state index contributed by atoms with van der Waals surface area (Å²) < 4.78 is 1.70. The van der Waals surface area contributed by atoms with Crippen LogP contribution in [-0.4, -0.2) is 68.5 Å². The van der Waals surface area contributed by atoms with Crippen molar-refractivity contribution >= 4 is 16.9 Å². The van der Waals surface area contributed by atoms with Crippen LogP contribution in [0.4, 0.5) is 0 Å². The standard InChI is InChI=1S/C17H22N8O2/c26-16(19-10-12-1-2-13-14(9-12)21-17(27)20-13)15-11-25(23-22-15)8-7-24-5-3-18-4-6-24/h1-2,9,11,18H,3-8,10H2,(H,19,26)(H2,20,21,27). The average molecular weight is 370 g/mol. The maximum absolute atomic E-state index is 12.3. The van der Waals surface area contributed by atoms with E-state index in [0.717, 1.165) is 43.8 Å². The molecule has 1 fully saturated rings. The number of imidazole rings is 1. The summed E-state index contributed by atoms with van der Waals surface area (Å²) in [6, 6.07) is 5.50. The number of carbonyl (C=O) groups is 1. The molecule has 0 radical (unpaired) electrons. The zero-order valence-corrected chi connectivity index (χ0v) is 14.9. The van der Waals surface area contributed by atoms with Gasteiger partial charge in [-0.15, -0.1) is 5.10 Å². The van der Waals surface area contributed by atoms with Gasteiger partial charge in [-0.1, -0.05) is 11.3 Å². The second kappa shape index (κ2) is 7.72. The molecule has 1 saturated heterocycles. The van der Waals surface area contributed by atoms with Gasteiger partial charge in [0.05, 0.1) is 23.8 Å². The van der Waals surface area contributed by atoms with Gasteiger partial charge in [0.2, 0.25) is 0 Å². The minimum atomic E-state index is -0.272. The van der Waals surface area contributed by atoms with Gasteiger partial charge in [0, 0.05) is 39.3 Å². The lowest BCUT2D eigenvalue weighted by Crippen LogP contribution is -2.44. The van der Waals surface area contributed by atoms with E-state index in [4.69, 9.17) is 0 Å². The van der Waals surface area contributed by atoms with Gasteiger partial charge in [-0.2, -0.15) is 0 Å². The van der Waals surface area contributed by atoms with E-state index in [9.17, 15) is 9.59 Å². The van der Waals surface area contributed by atoms with Crippen molar-refractivity contribution in [1.29, 1.82) is 0 Å². The number of carbonyl (C=O) groups excluding carboxylic acids is 1. The number of aromatic nitrogens is 5. The number of nitrogens with zero attached hydrogens (tertiary/aromatic N) is 4. The van der Waals surface area contributed by atoms with Crippen molar-refractivity contribution in [3.8, 4) is 0 Å². The van der Waals surface area contributed by atoms with Crippen LogP contribution in [0.25, 0.3) is 11.0 Å². The largest absolute Gasteiger partial charge is 0.347 e. The third-order valence-electron chi connectivity index (χ3n) is 4.66. The van der Waals surface area contributed by atoms with E-state index in [0.29, 0.717) is 24.3 Å². The molecule has 4 N–H and O–H groups in total. The van der Waals surface area contributed by atoms with E-state index >= 15 is 0 Å². The van der Waals surface area contributed by atoms with Crippen LogP contribution in [0.15, 0.2) is 29.2 Å². The number of aromatic amines is 2. The Morgan fingerprint density at radius 1 is 1.15 bits per heavy atom. The summed E-state index contributed by atoms with van der Waals surface area (Å²) >= 11 is 0. The van der Waals surface area contributed by atoms with Crippen LogP contribution in [-0.2, 0) is 13.1 Å². The molecule has 0 bridgehead atoms. The Morgan fingerprint density at radius 3 is 2.81 bits per heavy atom. The summed E-state index contributed by atoms with van der Waals surface area (Å²) in [7, 11) is 0. The van der Waals surface area contributed by atoms with Crippen molar-refractivity contribution in [3.63, 3.8) is 0 Å². The number of fused-ring (bicyclic) bond motifs is 1. The van der Waals surface area contributed by atoms with E-state index < -0.39 is 0 Å². The van der Waals surface area contributed by atoms with Crippen LogP contribution < -0.4 is 16.3 Å². The van der Waals surface area contributed by atoms with E-state index in [-0.39, 0.29) is 11.6 Å². The zero-order valence-electron chi connectivity index (χ0n) is 14.9. The van der Waals surface area contributed by atoms with Crippen molar-refractivity contribution in [2.75, 3.05) is 32.7 Å². The first kappa shape index (κ1) is 17.4. The molecule has 1 amide bonds. The summed E-state index contributed by atoms with van der Waals surface area (Å²) in [6.07, 6.45) is 1.67. The summed E-state index contributed by atoms with van der Waals surface area (Å²) in [5.41, 5.74) is 2.39. The Balaban J connectivity index is 1.31. The number of nitrogens with one attached hydrogen (secondary N) is 4. The Bertz CT molecular complexity index is 982. The monoisotopic (exact) mass is 370 g/mol. The van der Waals surface area contributed by atoms with E-state index in [1.165, 1.54) is 0 Å². The van der Waals surface area contributed by atoms with Crippen LogP contribution in [0, 0.1) is 0 Å². The van der Waals surface area contributed by atoms with Gasteiger partial charge in [-0.3, -0.25) is 14.4 Å². The Labute approximate surface area is 154 Å². The van der Waals surface area contributed by atoms with Gasteiger partial charge < -0.3 is 20.6 Å². The van der Waals surface area contributed by atoms with Crippen LogP contribution >= 0.6 is 0 Å². The molecule has 2 aromatic heterocycles. The molecule has 1 aliphatic heterocycles. The first-order chi connectivity index (χ1) is 13.2. The highest BCUT2D eigenvalue weighted by atomic mass is 16.2. The summed E-state index contributed by atoms with van der Waals surface area (Å²) in [5.74, 6) is -0.272. The molecule has 10 heteroatoms. The molecule has 1 aliphatic rings. The lowest BCUT2D eigenvalue weighted by atomic mass is 10.2. The fourth-order valence-electron chi connectivity index (χ4n) is 3.15. The van der Waals surface area contributed by atoms with Crippen LogP contribution in [0.1, 0.15) is 16.1 Å². The average Bonchev–Trinajstić information content (AvgIpc) is 3.30. The molecule has 10 nitrogen and oxygen atoms in total. The third kappa shape index (κ3) is 4.23. The normalized spacial score (nSPS) is 15.3. The second-order valence-corrected chi connectivity index (χ2v) is 6.60. The number of benzene rings is 1. The zero-order chi connectivity index (χ0) is 18.6. The molecule has 0 aliphatic carbocycles. The molecule has 4 rings (SSSR count). The minimum absolute atomic E-state index is 0.247. The summed E-state index contributed by atoms with van der Waals surface area (Å²) in [6.45, 7) is 6.01. The van der Waals surface area contributed by atoms with Crippen molar-refractivity contribution in [2.24, 2.45) is 0 Å². The van der Waals surface area contributed by atoms with Gasteiger partial charge >= 0.3 is 5.69 Å². The van der Waals surface area contributed by atoms with Gasteiger partial charge in [0.1, 0.15) is 0 Å². The molecule has 3 aromatic rings. The molecular formula is C17H22N8O2. The fourth-order valence-corrected chi connectivity index (χ4v) is 3.15. The van der Waals surface area contributed by atoms with Crippen molar-refractivity contribution in [3.05, 3.63) is 46.1 Å². The molecule has 0 atom stereocenters. The smallest absolute Gasteiger partial charge is 0.323 e. The van der Waals surface area contributed by atoms with Gasteiger partial charge in [-0.25, -0.2) is 4.79 Å². The Hall–Kier alpha value is -2.98. The molecule has 0 spiro atoms. The maximum Gasteiger partial charge on any atom is 0.323 e. The Kier molecular flexibility index (Phi) is 4.99. The number of rotatable bonds is 6. The van der Waals surface area contributed by atoms with Crippen LogP contribution in [0.2, 0.25) is 0 Å². The maximum atomic E-state index is 12.3. The Morgan fingerprint density at radius 2 is 1.96 bits per heavy atom. The van der Waals surface area contributed by atoms with Crippen LogP contribution in [0.3, 0.4) is 0 Å². The number of piperazine rings is 1. The number of H-pyrrole nitrogens is 2. The highest BCUT2D eigenvalue weighted by Gasteiger charge is 2.13. The minimum Gasteiger partial charge on any atom is -0.347 e. The molecule has 3 heterocycles. The molecule has 27 heavy (non-hydrogen) atoms. The second-order valence-electron chi connectivity index (χ2n) is 6.60. The van der Waals surface area contributed by atoms with Crippen molar-refractivity contribution in [1.82, 2.24) is 40.5 Å². The van der Waals surface area contributed by atoms with E-state index in [1.807, 2.05) is 12.1 Å². The van der Waals surface area contributed by atoms with Crippen molar-refractivity contribution in [2.45, 2.75) is 13.1 Å². The lowest BCUT2D eigenvalue weighted by molar-refractivity contribution is 0.0946.